The Kier molecular flexibility index (Phi) is 3.24. The van der Waals surface area contributed by atoms with Crippen molar-refractivity contribution in [3.8, 4) is 11.5 Å². The lowest BCUT2D eigenvalue weighted by atomic mass is 10.1. The summed E-state index contributed by atoms with van der Waals surface area (Å²) in [5, 5.41) is 12.2. The largest absolute Gasteiger partial charge is 0.457 e. The lowest BCUT2D eigenvalue weighted by Gasteiger charge is -2.09. The first-order valence-corrected chi connectivity index (χ1v) is 7.12. The van der Waals surface area contributed by atoms with Crippen molar-refractivity contribution >= 4 is 27.5 Å². The highest BCUT2D eigenvalue weighted by molar-refractivity contribution is 5.94. The number of aromatic nitrogens is 3. The van der Waals surface area contributed by atoms with E-state index in [-0.39, 0.29) is 5.69 Å². The molecule has 116 valence electrons. The molecule has 0 bridgehead atoms. The molecule has 0 aliphatic heterocycles. The number of benzene rings is 2. The molecule has 2 aromatic carbocycles. The summed E-state index contributed by atoms with van der Waals surface area (Å²) in [4.78, 5) is 23.1. The van der Waals surface area contributed by atoms with Gasteiger partial charge in [0.05, 0.1) is 21.3 Å². The zero-order valence-electron chi connectivity index (χ0n) is 12.3. The van der Waals surface area contributed by atoms with E-state index in [2.05, 4.69) is 15.0 Å². The van der Waals surface area contributed by atoms with E-state index < -0.39 is 4.92 Å². The highest BCUT2D eigenvalue weighted by Crippen LogP contribution is 2.35. The van der Waals surface area contributed by atoms with Gasteiger partial charge in [0.15, 0.2) is 0 Å². The van der Waals surface area contributed by atoms with E-state index in [0.29, 0.717) is 27.8 Å². The van der Waals surface area contributed by atoms with Gasteiger partial charge in [0.25, 0.3) is 5.69 Å². The first kappa shape index (κ1) is 14.0. The van der Waals surface area contributed by atoms with Crippen molar-refractivity contribution in [2.75, 3.05) is 0 Å². The number of nitro benzene ring substituents is 1. The Hall–Kier alpha value is -3.61. The van der Waals surface area contributed by atoms with E-state index in [9.17, 15) is 10.1 Å². The summed E-state index contributed by atoms with van der Waals surface area (Å²) in [6, 6.07) is 10.1. The summed E-state index contributed by atoms with van der Waals surface area (Å²) in [5.74, 6) is 1.09. The van der Waals surface area contributed by atoms with E-state index in [1.54, 1.807) is 42.9 Å². The highest BCUT2D eigenvalue weighted by Gasteiger charge is 2.15. The fourth-order valence-corrected chi connectivity index (χ4v) is 2.53. The average Bonchev–Trinajstić information content (AvgIpc) is 2.61. The van der Waals surface area contributed by atoms with Crippen LogP contribution in [0.2, 0.25) is 0 Å². The molecule has 2 heterocycles. The lowest BCUT2D eigenvalue weighted by molar-refractivity contribution is -0.383. The Bertz CT molecular complexity index is 1080. The Morgan fingerprint density at radius 2 is 1.75 bits per heavy atom. The van der Waals surface area contributed by atoms with Crippen LogP contribution in [0.5, 0.6) is 11.5 Å². The number of nitrogens with zero attached hydrogens (tertiary/aromatic N) is 4. The first-order chi connectivity index (χ1) is 11.7. The molecule has 7 heteroatoms. The third-order valence-electron chi connectivity index (χ3n) is 3.62. The van der Waals surface area contributed by atoms with Crippen molar-refractivity contribution in [2.24, 2.45) is 0 Å². The van der Waals surface area contributed by atoms with Crippen molar-refractivity contribution in [1.29, 1.82) is 0 Å². The van der Waals surface area contributed by atoms with Crippen LogP contribution in [0.4, 0.5) is 5.69 Å². The molecular weight excluding hydrogens is 308 g/mol. The molecule has 0 fully saturated rings. The minimum absolute atomic E-state index is 0.00479. The molecular formula is C17H10N4O3. The Labute approximate surface area is 135 Å². The van der Waals surface area contributed by atoms with Crippen LogP contribution in [0, 0.1) is 10.1 Å². The second-order valence-electron chi connectivity index (χ2n) is 5.07. The maximum Gasteiger partial charge on any atom is 0.279 e. The zero-order valence-corrected chi connectivity index (χ0v) is 12.3. The second-order valence-corrected chi connectivity index (χ2v) is 5.07. The van der Waals surface area contributed by atoms with Gasteiger partial charge in [0.2, 0.25) is 0 Å². The fourth-order valence-electron chi connectivity index (χ4n) is 2.53. The SMILES string of the molecule is O=[N+]([O-])c1ccc(Oc2ccc3nccnc3c2)c2ccncc12. The summed E-state index contributed by atoms with van der Waals surface area (Å²) in [5.41, 5.74) is 1.47. The van der Waals surface area contributed by atoms with Crippen LogP contribution in [0.15, 0.2) is 61.2 Å². The van der Waals surface area contributed by atoms with E-state index in [1.165, 1.54) is 12.3 Å². The summed E-state index contributed by atoms with van der Waals surface area (Å²) < 4.78 is 5.92. The number of pyridine rings is 1. The maximum absolute atomic E-state index is 11.2. The maximum atomic E-state index is 11.2. The Morgan fingerprint density at radius 3 is 2.58 bits per heavy atom. The van der Waals surface area contributed by atoms with Crippen LogP contribution < -0.4 is 4.74 Å². The molecule has 0 unspecified atom stereocenters. The van der Waals surface area contributed by atoms with Gasteiger partial charge in [-0.1, -0.05) is 0 Å². The molecule has 0 radical (unpaired) electrons. The number of hydrogen-bond acceptors (Lipinski definition) is 6. The molecule has 0 saturated carbocycles. The van der Waals surface area contributed by atoms with E-state index in [1.807, 2.05) is 6.07 Å². The minimum Gasteiger partial charge on any atom is -0.457 e. The summed E-state index contributed by atoms with van der Waals surface area (Å²) in [6.45, 7) is 0. The van der Waals surface area contributed by atoms with Gasteiger partial charge in [-0.05, 0) is 24.3 Å². The molecule has 7 nitrogen and oxygen atoms in total. The predicted octanol–water partition coefficient (Wildman–Crippen LogP) is 3.88. The standard InChI is InChI=1S/C17H10N4O3/c22-21(23)16-3-4-17(12-5-6-18-10-13(12)16)24-11-1-2-14-15(9-11)20-8-7-19-14/h1-10H. The van der Waals surface area contributed by atoms with Gasteiger partial charge in [-0.3, -0.25) is 25.1 Å². The third-order valence-corrected chi connectivity index (χ3v) is 3.62. The third kappa shape index (κ3) is 2.38. The van der Waals surface area contributed by atoms with Crippen molar-refractivity contribution < 1.29 is 9.66 Å². The van der Waals surface area contributed by atoms with E-state index in [0.717, 1.165) is 5.52 Å². The number of hydrogen-bond donors (Lipinski definition) is 0. The highest BCUT2D eigenvalue weighted by atomic mass is 16.6. The predicted molar refractivity (Wildman–Crippen MR) is 88.0 cm³/mol. The normalized spacial score (nSPS) is 10.8. The Morgan fingerprint density at radius 1 is 0.917 bits per heavy atom. The van der Waals surface area contributed by atoms with Gasteiger partial charge in [0.1, 0.15) is 11.5 Å². The lowest BCUT2D eigenvalue weighted by Crippen LogP contribution is -1.93. The number of fused-ring (bicyclic) bond motifs is 2. The summed E-state index contributed by atoms with van der Waals surface area (Å²) in [7, 11) is 0. The average molecular weight is 318 g/mol. The molecule has 0 atom stereocenters. The van der Waals surface area contributed by atoms with Crippen LogP contribution in [-0.2, 0) is 0 Å². The van der Waals surface area contributed by atoms with Crippen LogP contribution in [0.25, 0.3) is 21.8 Å². The van der Waals surface area contributed by atoms with Crippen molar-refractivity contribution in [3.63, 3.8) is 0 Å². The van der Waals surface area contributed by atoms with Crippen molar-refractivity contribution in [3.05, 3.63) is 71.3 Å². The quantitative estimate of drug-likeness (QED) is 0.420. The molecule has 4 rings (SSSR count). The molecule has 0 saturated heterocycles. The zero-order chi connectivity index (χ0) is 16.5. The van der Waals surface area contributed by atoms with Crippen LogP contribution in [-0.4, -0.2) is 19.9 Å². The number of non-ortho nitro benzene ring substituents is 1. The molecule has 0 aliphatic rings. The van der Waals surface area contributed by atoms with Gasteiger partial charge in [-0.2, -0.15) is 0 Å². The monoisotopic (exact) mass is 318 g/mol. The number of ether oxygens (including phenoxy) is 1. The van der Waals surface area contributed by atoms with Crippen LogP contribution >= 0.6 is 0 Å². The van der Waals surface area contributed by atoms with Crippen molar-refractivity contribution in [2.45, 2.75) is 0 Å². The molecule has 0 N–H and O–H groups in total. The van der Waals surface area contributed by atoms with Crippen molar-refractivity contribution in [1.82, 2.24) is 15.0 Å². The van der Waals surface area contributed by atoms with Gasteiger partial charge in [-0.15, -0.1) is 0 Å². The van der Waals surface area contributed by atoms with Gasteiger partial charge >= 0.3 is 0 Å². The van der Waals surface area contributed by atoms with Crippen LogP contribution in [0.1, 0.15) is 0 Å². The molecule has 24 heavy (non-hydrogen) atoms. The molecule has 2 aromatic heterocycles. The summed E-state index contributed by atoms with van der Waals surface area (Å²) in [6.07, 6.45) is 6.27. The van der Waals surface area contributed by atoms with Gasteiger partial charge < -0.3 is 4.74 Å². The summed E-state index contributed by atoms with van der Waals surface area (Å²) >= 11 is 0. The number of nitro groups is 1. The minimum atomic E-state index is -0.431. The topological polar surface area (TPSA) is 91.0 Å². The molecule has 0 aliphatic carbocycles. The number of rotatable bonds is 3. The van der Waals surface area contributed by atoms with E-state index in [4.69, 9.17) is 4.74 Å². The van der Waals surface area contributed by atoms with Crippen LogP contribution in [0.3, 0.4) is 0 Å². The molecule has 4 aromatic rings. The fraction of sp³-hybridized carbons (Fsp3) is 0. The van der Waals surface area contributed by atoms with E-state index >= 15 is 0 Å². The molecule has 0 spiro atoms. The van der Waals surface area contributed by atoms with Gasteiger partial charge in [0, 0.05) is 42.3 Å². The Balaban J connectivity index is 1.81. The van der Waals surface area contributed by atoms with Gasteiger partial charge in [-0.25, -0.2) is 0 Å². The smallest absolute Gasteiger partial charge is 0.279 e. The molecule has 0 amide bonds. The first-order valence-electron chi connectivity index (χ1n) is 7.12. The second kappa shape index (κ2) is 5.54.